The van der Waals surface area contributed by atoms with E-state index in [0.29, 0.717) is 36.2 Å². The fourth-order valence-electron chi connectivity index (χ4n) is 4.97. The van der Waals surface area contributed by atoms with E-state index in [1.165, 1.54) is 4.90 Å². The molecule has 10 heteroatoms. The number of fused-ring (bicyclic) bond motifs is 2. The van der Waals surface area contributed by atoms with E-state index in [1.807, 2.05) is 12.1 Å². The average Bonchev–Trinajstić information content (AvgIpc) is 3.65. The van der Waals surface area contributed by atoms with Crippen molar-refractivity contribution in [2.45, 2.75) is 38.1 Å². The van der Waals surface area contributed by atoms with Gasteiger partial charge in [0, 0.05) is 42.6 Å². The van der Waals surface area contributed by atoms with Crippen molar-refractivity contribution in [1.29, 1.82) is 5.41 Å². The smallest absolute Gasteiger partial charge is 0.259 e. The molecule has 2 aliphatic heterocycles. The fraction of sp³-hybridized carbons (Fsp3) is 0.333. The van der Waals surface area contributed by atoms with E-state index in [-0.39, 0.29) is 18.7 Å². The summed E-state index contributed by atoms with van der Waals surface area (Å²) in [6, 6.07) is 14.0. The number of hydrogen-bond acceptors (Lipinski definition) is 6. The Morgan fingerprint density at radius 3 is 2.78 bits per heavy atom. The highest BCUT2D eigenvalue weighted by molar-refractivity contribution is 6.05. The van der Waals surface area contributed by atoms with Crippen LogP contribution in [0.15, 0.2) is 53.3 Å². The van der Waals surface area contributed by atoms with E-state index < -0.39 is 24.0 Å². The number of pyridine rings is 1. The van der Waals surface area contributed by atoms with E-state index >= 15 is 0 Å². The molecule has 190 valence electrons. The summed E-state index contributed by atoms with van der Waals surface area (Å²) < 4.78 is 7.31. The Hall–Kier alpha value is -4.02. The van der Waals surface area contributed by atoms with Crippen LogP contribution >= 0.6 is 0 Å². The highest BCUT2D eigenvalue weighted by atomic mass is 16.5. The lowest BCUT2D eigenvalue weighted by Gasteiger charge is -2.34. The number of amides is 2. The topological polar surface area (TPSA) is 137 Å². The van der Waals surface area contributed by atoms with Crippen LogP contribution in [-0.2, 0) is 27.4 Å². The zero-order valence-corrected chi connectivity index (χ0v) is 20.1. The highest BCUT2D eigenvalue weighted by Crippen LogP contribution is 2.32. The number of hydrogen-bond donors (Lipinski definition) is 4. The molecule has 0 spiro atoms. The third-order valence-electron chi connectivity index (χ3n) is 7.20. The van der Waals surface area contributed by atoms with Crippen molar-refractivity contribution in [2.24, 2.45) is 5.92 Å². The monoisotopic (exact) mass is 501 g/mol. The van der Waals surface area contributed by atoms with Crippen LogP contribution in [0.3, 0.4) is 0 Å². The Labute approximate surface area is 212 Å². The summed E-state index contributed by atoms with van der Waals surface area (Å²) in [6.45, 7) is 1.55. The van der Waals surface area contributed by atoms with Crippen LogP contribution in [0.4, 0.5) is 11.4 Å². The maximum Gasteiger partial charge on any atom is 0.259 e. The SMILES string of the molecule is N=C1NCc2cc(NC(=O)[C@H](O)[C@H]3OCCN(c4ccc5ccc(=O)n(CC6CC6)c5c4)C3=O)ccc21. The standard InChI is InChI=1S/C27H27N5O5/c28-25-20-7-5-18(11-17(20)13-29-25)30-26(35)23(34)24-27(36)31(9-10-37-24)19-6-3-16-4-8-22(33)32(21(16)12-19)14-15-1-2-15/h3-8,11-12,15,23-24,34H,1-2,9-10,13-14H2,(H2,28,29)(H,30,35)/t23-,24-/m1/s1. The molecule has 1 saturated heterocycles. The number of morpholine rings is 1. The summed E-state index contributed by atoms with van der Waals surface area (Å²) in [7, 11) is 0. The number of anilines is 2. The van der Waals surface area contributed by atoms with Crippen molar-refractivity contribution in [3.63, 3.8) is 0 Å². The van der Waals surface area contributed by atoms with Crippen LogP contribution in [0.25, 0.3) is 10.9 Å². The van der Waals surface area contributed by atoms with Gasteiger partial charge in [0.2, 0.25) is 0 Å². The van der Waals surface area contributed by atoms with Crippen LogP contribution in [0.5, 0.6) is 0 Å². The summed E-state index contributed by atoms with van der Waals surface area (Å²) in [6.07, 6.45) is -0.859. The third-order valence-corrected chi connectivity index (χ3v) is 7.20. The van der Waals surface area contributed by atoms with Gasteiger partial charge < -0.3 is 29.9 Å². The molecule has 1 aromatic heterocycles. The second kappa shape index (κ2) is 9.13. The van der Waals surface area contributed by atoms with E-state index in [1.54, 1.807) is 41.0 Å². The fourth-order valence-corrected chi connectivity index (χ4v) is 4.97. The van der Waals surface area contributed by atoms with Gasteiger partial charge in [0.1, 0.15) is 5.84 Å². The Morgan fingerprint density at radius 2 is 1.97 bits per heavy atom. The van der Waals surface area contributed by atoms with E-state index in [9.17, 15) is 19.5 Å². The number of carbonyl (C=O) groups is 2. The summed E-state index contributed by atoms with van der Waals surface area (Å²) in [5.41, 5.74) is 3.35. The maximum atomic E-state index is 13.4. The molecule has 4 N–H and O–H groups in total. The predicted molar refractivity (Wildman–Crippen MR) is 138 cm³/mol. The van der Waals surface area contributed by atoms with Gasteiger partial charge in [-0.25, -0.2) is 0 Å². The molecular weight excluding hydrogens is 474 g/mol. The van der Waals surface area contributed by atoms with Gasteiger partial charge in [-0.1, -0.05) is 6.07 Å². The van der Waals surface area contributed by atoms with Crippen molar-refractivity contribution in [3.8, 4) is 0 Å². The average molecular weight is 502 g/mol. The number of aliphatic hydroxyl groups is 1. The zero-order valence-electron chi connectivity index (χ0n) is 20.1. The van der Waals surface area contributed by atoms with Crippen LogP contribution in [0.1, 0.15) is 24.0 Å². The van der Waals surface area contributed by atoms with Gasteiger partial charge >= 0.3 is 0 Å². The summed E-state index contributed by atoms with van der Waals surface area (Å²) in [5, 5.41) is 25.1. The first-order chi connectivity index (χ1) is 17.9. The number of carbonyl (C=O) groups excluding carboxylic acids is 2. The van der Waals surface area contributed by atoms with Crippen molar-refractivity contribution in [2.75, 3.05) is 23.4 Å². The van der Waals surface area contributed by atoms with Crippen molar-refractivity contribution >= 4 is 39.9 Å². The normalized spacial score (nSPS) is 20.0. The molecule has 1 saturated carbocycles. The van der Waals surface area contributed by atoms with Gasteiger partial charge in [0.25, 0.3) is 17.4 Å². The first kappa shape index (κ1) is 23.4. The van der Waals surface area contributed by atoms with Crippen molar-refractivity contribution in [1.82, 2.24) is 9.88 Å². The van der Waals surface area contributed by atoms with Gasteiger partial charge in [-0.15, -0.1) is 0 Å². The molecule has 3 aromatic rings. The quantitative estimate of drug-likeness (QED) is 0.405. The second-order valence-electron chi connectivity index (χ2n) is 9.78. The number of benzene rings is 2. The number of ether oxygens (including phenoxy) is 1. The Morgan fingerprint density at radius 1 is 1.16 bits per heavy atom. The Bertz CT molecular complexity index is 1490. The molecule has 2 aromatic carbocycles. The van der Waals surface area contributed by atoms with Crippen LogP contribution in [0, 0.1) is 11.3 Å². The first-order valence-electron chi connectivity index (χ1n) is 12.4. The Kier molecular flexibility index (Phi) is 5.77. The molecule has 2 atom stereocenters. The number of nitrogens with zero attached hydrogens (tertiary/aromatic N) is 2. The number of amidine groups is 1. The van der Waals surface area contributed by atoms with Gasteiger partial charge in [-0.3, -0.25) is 19.8 Å². The minimum Gasteiger partial charge on any atom is -0.380 e. The largest absolute Gasteiger partial charge is 0.380 e. The molecule has 0 radical (unpaired) electrons. The van der Waals surface area contributed by atoms with Gasteiger partial charge in [-0.2, -0.15) is 0 Å². The number of aromatic nitrogens is 1. The summed E-state index contributed by atoms with van der Waals surface area (Å²) in [4.78, 5) is 40.2. The van der Waals surface area contributed by atoms with Gasteiger partial charge in [-0.05, 0) is 66.1 Å². The number of nitrogens with one attached hydrogen (secondary N) is 3. The minimum absolute atomic E-state index is 0.0750. The molecular formula is C27H27N5O5. The molecule has 37 heavy (non-hydrogen) atoms. The molecule has 3 aliphatic rings. The highest BCUT2D eigenvalue weighted by Gasteiger charge is 2.39. The zero-order chi connectivity index (χ0) is 25.7. The van der Waals surface area contributed by atoms with Crippen molar-refractivity contribution in [3.05, 3.63) is 70.0 Å². The summed E-state index contributed by atoms with van der Waals surface area (Å²) in [5.74, 6) is -0.443. The summed E-state index contributed by atoms with van der Waals surface area (Å²) >= 11 is 0. The number of aliphatic hydroxyl groups excluding tert-OH is 1. The van der Waals surface area contributed by atoms with Crippen LogP contribution in [-0.4, -0.2) is 52.7 Å². The molecule has 2 fully saturated rings. The Balaban J connectivity index is 1.21. The second-order valence-corrected chi connectivity index (χ2v) is 9.78. The lowest BCUT2D eigenvalue weighted by Crippen LogP contribution is -2.55. The predicted octanol–water partition coefficient (Wildman–Crippen LogP) is 1.57. The van der Waals surface area contributed by atoms with Gasteiger partial charge in [0.05, 0.1) is 12.1 Å². The van der Waals surface area contributed by atoms with Crippen molar-refractivity contribution < 1.29 is 19.4 Å². The molecule has 0 bridgehead atoms. The van der Waals surface area contributed by atoms with E-state index in [0.717, 1.165) is 34.9 Å². The molecule has 0 unspecified atom stereocenters. The van der Waals surface area contributed by atoms with E-state index in [2.05, 4.69) is 10.6 Å². The first-order valence-corrected chi connectivity index (χ1v) is 12.4. The minimum atomic E-state index is -1.71. The third kappa shape index (κ3) is 4.38. The molecule has 1 aliphatic carbocycles. The molecule has 6 rings (SSSR count). The number of rotatable bonds is 6. The van der Waals surface area contributed by atoms with Gasteiger partial charge in [0.15, 0.2) is 12.2 Å². The molecule has 2 amide bonds. The molecule has 3 heterocycles. The maximum absolute atomic E-state index is 13.4. The van der Waals surface area contributed by atoms with E-state index in [4.69, 9.17) is 10.1 Å². The lowest BCUT2D eigenvalue weighted by atomic mass is 10.1. The van der Waals surface area contributed by atoms with Crippen LogP contribution in [0.2, 0.25) is 0 Å². The van der Waals surface area contributed by atoms with Crippen LogP contribution < -0.4 is 21.1 Å². The lowest BCUT2D eigenvalue weighted by molar-refractivity contribution is -0.150. The molecule has 10 nitrogen and oxygen atoms in total.